The van der Waals surface area contributed by atoms with Gasteiger partial charge in [0, 0.05) is 37.9 Å². The molecule has 0 spiro atoms. The molecule has 18 heavy (non-hydrogen) atoms. The van der Waals surface area contributed by atoms with Crippen molar-refractivity contribution in [3.63, 3.8) is 0 Å². The molecule has 1 aromatic carbocycles. The quantitative estimate of drug-likeness (QED) is 0.844. The highest BCUT2D eigenvalue weighted by Gasteiger charge is 2.35. The smallest absolute Gasteiger partial charge is 0.368 e. The number of rotatable bonds is 2. The topological polar surface area (TPSA) is 41.3 Å². The second-order valence-corrected chi connectivity index (χ2v) is 4.35. The lowest BCUT2D eigenvalue weighted by atomic mass is 10.1. The van der Waals surface area contributed by atoms with Gasteiger partial charge in [0.15, 0.2) is 0 Å². The summed E-state index contributed by atoms with van der Waals surface area (Å²) in [6, 6.07) is 5.72. The lowest BCUT2D eigenvalue weighted by Crippen LogP contribution is -2.54. The Morgan fingerprint density at radius 3 is 2.72 bits per heavy atom. The molecule has 3 N–H and O–H groups in total. The van der Waals surface area contributed by atoms with Gasteiger partial charge in [-0.1, -0.05) is 12.1 Å². The van der Waals surface area contributed by atoms with Gasteiger partial charge in [0.2, 0.25) is 0 Å². The van der Waals surface area contributed by atoms with Crippen LogP contribution in [0.1, 0.15) is 5.56 Å². The monoisotopic (exact) mass is 259 g/mol. The summed E-state index contributed by atoms with van der Waals surface area (Å²) in [5, 5.41) is 3.18. The highest BCUT2D eigenvalue weighted by molar-refractivity contribution is 5.55. The number of nitrogens with two attached hydrogens (primary N) is 1. The van der Waals surface area contributed by atoms with Crippen molar-refractivity contribution in [2.24, 2.45) is 5.73 Å². The van der Waals surface area contributed by atoms with E-state index in [1.807, 2.05) is 0 Å². The lowest BCUT2D eigenvalue weighted by Gasteiger charge is -2.36. The number of hydrogen-bond donors (Lipinski definition) is 2. The first-order valence-corrected chi connectivity index (χ1v) is 5.87. The van der Waals surface area contributed by atoms with E-state index in [9.17, 15) is 13.2 Å². The third kappa shape index (κ3) is 2.76. The van der Waals surface area contributed by atoms with E-state index in [0.717, 1.165) is 6.07 Å². The van der Waals surface area contributed by atoms with E-state index in [0.29, 0.717) is 26.2 Å². The number of hydrogen-bond acceptors (Lipinski definition) is 3. The van der Waals surface area contributed by atoms with Gasteiger partial charge in [-0.05, 0) is 12.1 Å². The molecule has 100 valence electrons. The van der Waals surface area contributed by atoms with Gasteiger partial charge in [-0.25, -0.2) is 0 Å². The Hall–Kier alpha value is -1.27. The van der Waals surface area contributed by atoms with Gasteiger partial charge < -0.3 is 16.0 Å². The Bertz CT molecular complexity index is 406. The van der Waals surface area contributed by atoms with E-state index < -0.39 is 11.7 Å². The van der Waals surface area contributed by atoms with Crippen molar-refractivity contribution in [1.82, 2.24) is 5.32 Å². The summed E-state index contributed by atoms with van der Waals surface area (Å²) in [6.45, 7) is 2.13. The average molecular weight is 259 g/mol. The number of para-hydroxylation sites is 1. The number of benzene rings is 1. The van der Waals surface area contributed by atoms with Crippen LogP contribution in [0.15, 0.2) is 24.3 Å². The summed E-state index contributed by atoms with van der Waals surface area (Å²) >= 11 is 0. The van der Waals surface area contributed by atoms with Crippen LogP contribution < -0.4 is 16.0 Å². The minimum absolute atomic E-state index is 0.0417. The molecule has 1 atom stereocenters. The van der Waals surface area contributed by atoms with Crippen molar-refractivity contribution < 1.29 is 13.2 Å². The number of anilines is 1. The number of halogens is 3. The molecular weight excluding hydrogens is 243 g/mol. The van der Waals surface area contributed by atoms with Crippen LogP contribution in [0, 0.1) is 0 Å². The first-order chi connectivity index (χ1) is 8.52. The Kier molecular flexibility index (Phi) is 3.77. The Morgan fingerprint density at radius 1 is 1.33 bits per heavy atom. The van der Waals surface area contributed by atoms with E-state index in [-0.39, 0.29) is 11.7 Å². The van der Waals surface area contributed by atoms with Gasteiger partial charge in [0.1, 0.15) is 0 Å². The number of nitrogens with one attached hydrogen (secondary N) is 1. The van der Waals surface area contributed by atoms with E-state index in [1.165, 1.54) is 12.1 Å². The zero-order valence-corrected chi connectivity index (χ0v) is 9.87. The minimum atomic E-state index is -4.32. The third-order valence-corrected chi connectivity index (χ3v) is 3.09. The normalized spacial score (nSPS) is 21.1. The van der Waals surface area contributed by atoms with Crippen LogP contribution in [-0.4, -0.2) is 32.2 Å². The van der Waals surface area contributed by atoms with Crippen LogP contribution in [0.3, 0.4) is 0 Å². The predicted octanol–water partition coefficient (Wildman–Crippen LogP) is 1.44. The summed E-state index contributed by atoms with van der Waals surface area (Å²) in [7, 11) is 0. The highest BCUT2D eigenvalue weighted by Crippen LogP contribution is 2.36. The molecule has 2 rings (SSSR count). The first kappa shape index (κ1) is 13.2. The summed E-state index contributed by atoms with van der Waals surface area (Å²) < 4.78 is 38.7. The molecule has 1 unspecified atom stereocenters. The standard InChI is InChI=1S/C12H16F3N3/c13-12(14,15)10-3-1-2-4-11(10)18-6-5-17-9(7-16)8-18/h1-4,9,17H,5-8,16H2. The van der Waals surface area contributed by atoms with Crippen molar-refractivity contribution >= 4 is 5.69 Å². The zero-order chi connectivity index (χ0) is 13.2. The van der Waals surface area contributed by atoms with Gasteiger partial charge in [-0.3, -0.25) is 0 Å². The Balaban J connectivity index is 2.27. The van der Waals surface area contributed by atoms with E-state index in [1.54, 1.807) is 11.0 Å². The SMILES string of the molecule is NCC1CN(c2ccccc2C(F)(F)F)CCN1. The van der Waals surface area contributed by atoms with Crippen molar-refractivity contribution in [2.75, 3.05) is 31.1 Å². The van der Waals surface area contributed by atoms with Gasteiger partial charge in [-0.2, -0.15) is 13.2 Å². The van der Waals surface area contributed by atoms with Gasteiger partial charge in [0.05, 0.1) is 5.56 Å². The molecule has 0 saturated carbocycles. The molecule has 0 radical (unpaired) electrons. The van der Waals surface area contributed by atoms with Crippen molar-refractivity contribution in [1.29, 1.82) is 0 Å². The summed E-state index contributed by atoms with van der Waals surface area (Å²) in [5.41, 5.74) is 5.22. The van der Waals surface area contributed by atoms with Crippen molar-refractivity contribution in [3.8, 4) is 0 Å². The molecule has 1 heterocycles. The van der Waals surface area contributed by atoms with Gasteiger partial charge in [-0.15, -0.1) is 0 Å². The first-order valence-electron chi connectivity index (χ1n) is 5.87. The maximum Gasteiger partial charge on any atom is 0.418 e. The second kappa shape index (κ2) is 5.16. The average Bonchev–Trinajstić information content (AvgIpc) is 2.38. The fourth-order valence-electron chi connectivity index (χ4n) is 2.19. The number of alkyl halides is 3. The van der Waals surface area contributed by atoms with Crippen LogP contribution >= 0.6 is 0 Å². The van der Waals surface area contributed by atoms with E-state index in [2.05, 4.69) is 5.32 Å². The molecule has 1 fully saturated rings. The van der Waals surface area contributed by atoms with Gasteiger partial charge >= 0.3 is 6.18 Å². The molecule has 6 heteroatoms. The molecule has 1 aliphatic rings. The van der Waals surface area contributed by atoms with Crippen LogP contribution in [0.2, 0.25) is 0 Å². The molecule has 0 amide bonds. The Labute approximate surface area is 104 Å². The van der Waals surface area contributed by atoms with Gasteiger partial charge in [0.25, 0.3) is 0 Å². The van der Waals surface area contributed by atoms with E-state index in [4.69, 9.17) is 5.73 Å². The minimum Gasteiger partial charge on any atom is -0.368 e. The molecule has 0 bridgehead atoms. The summed E-state index contributed by atoms with van der Waals surface area (Å²) in [4.78, 5) is 1.75. The fraction of sp³-hybridized carbons (Fsp3) is 0.500. The zero-order valence-electron chi connectivity index (χ0n) is 9.87. The van der Waals surface area contributed by atoms with E-state index >= 15 is 0 Å². The molecule has 1 saturated heterocycles. The fourth-order valence-corrected chi connectivity index (χ4v) is 2.19. The molecule has 0 aliphatic carbocycles. The summed E-state index contributed by atoms with van der Waals surface area (Å²) in [5.74, 6) is 0. The van der Waals surface area contributed by atoms with Crippen LogP contribution in [0.5, 0.6) is 0 Å². The molecule has 1 aliphatic heterocycles. The van der Waals surface area contributed by atoms with Crippen LogP contribution in [0.25, 0.3) is 0 Å². The molecule has 3 nitrogen and oxygen atoms in total. The maximum atomic E-state index is 12.9. The highest BCUT2D eigenvalue weighted by atomic mass is 19.4. The number of nitrogens with zero attached hydrogens (tertiary/aromatic N) is 1. The lowest BCUT2D eigenvalue weighted by molar-refractivity contribution is -0.137. The third-order valence-electron chi connectivity index (χ3n) is 3.09. The summed E-state index contributed by atoms with van der Waals surface area (Å²) in [6.07, 6.45) is -4.32. The number of piperazine rings is 1. The molecule has 0 aromatic heterocycles. The molecular formula is C12H16F3N3. The Morgan fingerprint density at radius 2 is 2.06 bits per heavy atom. The molecule has 1 aromatic rings. The van der Waals surface area contributed by atoms with Crippen LogP contribution in [0.4, 0.5) is 18.9 Å². The van der Waals surface area contributed by atoms with Crippen molar-refractivity contribution in [2.45, 2.75) is 12.2 Å². The second-order valence-electron chi connectivity index (χ2n) is 4.35. The largest absolute Gasteiger partial charge is 0.418 e. The predicted molar refractivity (Wildman–Crippen MR) is 64.5 cm³/mol. The van der Waals surface area contributed by atoms with Crippen LogP contribution in [-0.2, 0) is 6.18 Å². The maximum absolute atomic E-state index is 12.9. The van der Waals surface area contributed by atoms with Crippen molar-refractivity contribution in [3.05, 3.63) is 29.8 Å².